The average molecular weight is 435 g/mol. The second-order valence-electron chi connectivity index (χ2n) is 8.94. The molecule has 162 valence electrons. The van der Waals surface area contributed by atoms with Crippen LogP contribution in [0.3, 0.4) is 0 Å². The van der Waals surface area contributed by atoms with Crippen LogP contribution in [-0.4, -0.2) is 46.7 Å². The molecule has 1 aromatic rings. The van der Waals surface area contributed by atoms with Crippen LogP contribution in [0.5, 0.6) is 0 Å². The number of benzene rings is 1. The topological polar surface area (TPSA) is 114 Å². The highest BCUT2D eigenvalue weighted by atomic mass is 35.5. The predicted octanol–water partition coefficient (Wildman–Crippen LogP) is 2.54. The molecule has 30 heavy (non-hydrogen) atoms. The number of hydrogen-bond donors (Lipinski definition) is 3. The number of alkyl carbamates (subject to hydrolysis) is 1. The van der Waals surface area contributed by atoms with Gasteiger partial charge in [-0.3, -0.25) is 4.79 Å². The molecule has 4 aliphatic carbocycles. The third kappa shape index (κ3) is 4.19. The zero-order valence-corrected chi connectivity index (χ0v) is 17.7. The molecule has 9 heteroatoms. The Hall–Kier alpha value is -2.48. The molecule has 0 aliphatic heterocycles. The maximum absolute atomic E-state index is 12.9. The number of hydrogen-bond acceptors (Lipinski definition) is 4. The van der Waals surface area contributed by atoms with E-state index < -0.39 is 6.03 Å². The number of urea groups is 1. The molecule has 2 bridgehead atoms. The number of amides is 4. The molecule has 1 aromatic carbocycles. The standard InChI is InChI=1S/C21H27ClN4O4/c1-13(15-5-6-15)30-19(29)25-20-10-21(11-20,12-20)26(17(27)8-24-18(23)28)9-14-3-2-4-16(22)7-14/h2-4,7,13,15H,5-6,8-12H2,1H3,(H,25,29)(H3,23,24,28)/t13-,20?,21?/m1/s1. The van der Waals surface area contributed by atoms with Crippen LogP contribution in [0.2, 0.25) is 5.02 Å². The number of nitrogens with two attached hydrogens (primary N) is 1. The van der Waals surface area contributed by atoms with Gasteiger partial charge in [0.05, 0.1) is 17.6 Å². The van der Waals surface area contributed by atoms with Gasteiger partial charge in [0.1, 0.15) is 6.10 Å². The number of ether oxygens (including phenoxy) is 1. The highest BCUT2D eigenvalue weighted by Crippen LogP contribution is 2.64. The Labute approximate surface area is 180 Å². The predicted molar refractivity (Wildman–Crippen MR) is 111 cm³/mol. The number of rotatable bonds is 8. The lowest BCUT2D eigenvalue weighted by molar-refractivity contribution is -0.189. The highest BCUT2D eigenvalue weighted by molar-refractivity contribution is 6.30. The summed E-state index contributed by atoms with van der Waals surface area (Å²) in [6.07, 6.45) is 3.77. The van der Waals surface area contributed by atoms with Crippen molar-refractivity contribution in [3.63, 3.8) is 0 Å². The van der Waals surface area contributed by atoms with Crippen molar-refractivity contribution in [3.05, 3.63) is 34.9 Å². The molecule has 5 rings (SSSR count). The number of primary amides is 1. The Morgan fingerprint density at radius 2 is 2.00 bits per heavy atom. The Kier molecular flexibility index (Phi) is 5.30. The van der Waals surface area contributed by atoms with Gasteiger partial charge in [-0.1, -0.05) is 23.7 Å². The lowest BCUT2D eigenvalue weighted by Crippen LogP contribution is -2.84. The lowest BCUT2D eigenvalue weighted by atomic mass is 9.43. The van der Waals surface area contributed by atoms with Crippen molar-refractivity contribution >= 4 is 29.6 Å². The van der Waals surface area contributed by atoms with Crippen LogP contribution >= 0.6 is 11.6 Å². The van der Waals surface area contributed by atoms with Crippen LogP contribution in [0, 0.1) is 5.92 Å². The minimum absolute atomic E-state index is 0.0629. The first kappa shape index (κ1) is 20.8. The lowest BCUT2D eigenvalue weighted by Gasteiger charge is -2.73. The SMILES string of the molecule is C[C@@H](OC(=O)NC12CC(N(Cc3cccc(Cl)c3)C(=O)CNC(N)=O)(C1)C2)C1CC1. The fourth-order valence-electron chi connectivity index (χ4n) is 4.83. The number of carbonyl (C=O) groups excluding carboxylic acids is 3. The average Bonchev–Trinajstić information content (AvgIpc) is 3.45. The Morgan fingerprint density at radius 1 is 1.30 bits per heavy atom. The largest absolute Gasteiger partial charge is 0.446 e. The van der Waals surface area contributed by atoms with Crippen LogP contribution in [0.15, 0.2) is 24.3 Å². The van der Waals surface area contributed by atoms with E-state index in [-0.39, 0.29) is 35.7 Å². The van der Waals surface area contributed by atoms with Crippen molar-refractivity contribution in [2.45, 2.75) is 62.8 Å². The summed E-state index contributed by atoms with van der Waals surface area (Å²) in [5.74, 6) is 0.269. The molecule has 0 spiro atoms. The second-order valence-corrected chi connectivity index (χ2v) is 9.37. The van der Waals surface area contributed by atoms with Gasteiger partial charge in [-0.25, -0.2) is 9.59 Å². The third-order valence-electron chi connectivity index (χ3n) is 6.47. The maximum Gasteiger partial charge on any atom is 0.407 e. The molecule has 0 heterocycles. The van der Waals surface area contributed by atoms with Gasteiger partial charge in [-0.2, -0.15) is 0 Å². The Morgan fingerprint density at radius 3 is 2.60 bits per heavy atom. The van der Waals surface area contributed by atoms with Gasteiger partial charge in [0.25, 0.3) is 0 Å². The van der Waals surface area contributed by atoms with Crippen LogP contribution < -0.4 is 16.4 Å². The molecule has 4 amide bonds. The van der Waals surface area contributed by atoms with E-state index in [0.29, 0.717) is 36.7 Å². The highest BCUT2D eigenvalue weighted by Gasteiger charge is 2.72. The smallest absolute Gasteiger partial charge is 0.407 e. The summed E-state index contributed by atoms with van der Waals surface area (Å²) in [4.78, 5) is 37.9. The van der Waals surface area contributed by atoms with Gasteiger partial charge >= 0.3 is 12.1 Å². The molecule has 0 unspecified atom stereocenters. The number of nitrogens with zero attached hydrogens (tertiary/aromatic N) is 1. The van der Waals surface area contributed by atoms with Crippen molar-refractivity contribution in [1.82, 2.24) is 15.5 Å². The van der Waals surface area contributed by atoms with Gasteiger partial charge in [0, 0.05) is 11.6 Å². The van der Waals surface area contributed by atoms with Crippen LogP contribution in [0.4, 0.5) is 9.59 Å². The van der Waals surface area contributed by atoms with E-state index in [4.69, 9.17) is 22.1 Å². The summed E-state index contributed by atoms with van der Waals surface area (Å²) in [5, 5.41) is 5.97. The summed E-state index contributed by atoms with van der Waals surface area (Å²) in [6.45, 7) is 2.13. The minimum Gasteiger partial charge on any atom is -0.446 e. The summed E-state index contributed by atoms with van der Waals surface area (Å²) in [6, 6.07) is 6.60. The molecule has 8 nitrogen and oxygen atoms in total. The van der Waals surface area contributed by atoms with E-state index in [1.54, 1.807) is 11.0 Å². The van der Waals surface area contributed by atoms with E-state index in [1.807, 2.05) is 25.1 Å². The van der Waals surface area contributed by atoms with Crippen molar-refractivity contribution in [2.24, 2.45) is 11.7 Å². The molecule has 4 aliphatic rings. The van der Waals surface area contributed by atoms with Gasteiger partial charge in [-0.05, 0) is 62.6 Å². The van der Waals surface area contributed by atoms with Crippen LogP contribution in [0.1, 0.15) is 44.6 Å². The molecule has 4 saturated carbocycles. The fraction of sp³-hybridized carbons (Fsp3) is 0.571. The second kappa shape index (κ2) is 7.65. The molecule has 4 N–H and O–H groups in total. The maximum atomic E-state index is 12.9. The summed E-state index contributed by atoms with van der Waals surface area (Å²) in [5.41, 5.74) is 5.37. The van der Waals surface area contributed by atoms with E-state index >= 15 is 0 Å². The molecular formula is C21H27ClN4O4. The molecular weight excluding hydrogens is 408 g/mol. The fourth-order valence-corrected chi connectivity index (χ4v) is 5.04. The summed E-state index contributed by atoms with van der Waals surface area (Å²) < 4.78 is 5.48. The van der Waals surface area contributed by atoms with E-state index in [9.17, 15) is 14.4 Å². The zero-order valence-electron chi connectivity index (χ0n) is 16.9. The van der Waals surface area contributed by atoms with Crippen molar-refractivity contribution < 1.29 is 19.1 Å². The normalized spacial score (nSPS) is 27.1. The summed E-state index contributed by atoms with van der Waals surface area (Å²) in [7, 11) is 0. The van der Waals surface area contributed by atoms with E-state index in [2.05, 4.69) is 10.6 Å². The van der Waals surface area contributed by atoms with E-state index in [0.717, 1.165) is 18.4 Å². The van der Waals surface area contributed by atoms with Gasteiger partial charge in [0.15, 0.2) is 0 Å². The van der Waals surface area contributed by atoms with Crippen LogP contribution in [0.25, 0.3) is 0 Å². The molecule has 0 aromatic heterocycles. The van der Waals surface area contributed by atoms with Gasteiger partial charge in [0.2, 0.25) is 5.91 Å². The van der Waals surface area contributed by atoms with E-state index in [1.165, 1.54) is 0 Å². The first-order valence-electron chi connectivity index (χ1n) is 10.3. The number of carbonyl (C=O) groups is 3. The van der Waals surface area contributed by atoms with Crippen LogP contribution in [-0.2, 0) is 16.1 Å². The minimum atomic E-state index is -0.741. The Balaban J connectivity index is 1.39. The third-order valence-corrected chi connectivity index (χ3v) is 6.70. The van der Waals surface area contributed by atoms with Gasteiger partial charge < -0.3 is 26.0 Å². The molecule has 0 saturated heterocycles. The first-order valence-corrected chi connectivity index (χ1v) is 10.7. The van der Waals surface area contributed by atoms with Crippen molar-refractivity contribution in [2.75, 3.05) is 6.54 Å². The van der Waals surface area contributed by atoms with Gasteiger partial charge in [-0.15, -0.1) is 0 Å². The molecule has 1 atom stereocenters. The van der Waals surface area contributed by atoms with Crippen molar-refractivity contribution in [3.8, 4) is 0 Å². The zero-order chi connectivity index (χ0) is 21.5. The molecule has 4 fully saturated rings. The number of halogens is 1. The quantitative estimate of drug-likeness (QED) is 0.583. The monoisotopic (exact) mass is 434 g/mol. The first-order chi connectivity index (χ1) is 14.2. The Bertz CT molecular complexity index is 853. The number of nitrogens with one attached hydrogen (secondary N) is 2. The summed E-state index contributed by atoms with van der Waals surface area (Å²) >= 11 is 6.09. The molecule has 0 radical (unpaired) electrons. The van der Waals surface area contributed by atoms with Crippen molar-refractivity contribution in [1.29, 1.82) is 0 Å².